The SMILES string of the molecule is COC(=O)CCCN(C)c1ccc(C=O)c(O)c1. The van der Waals surface area contributed by atoms with E-state index in [2.05, 4.69) is 4.74 Å². The van der Waals surface area contributed by atoms with E-state index in [1.54, 1.807) is 12.1 Å². The average molecular weight is 251 g/mol. The second kappa shape index (κ2) is 6.64. The fraction of sp³-hybridized carbons (Fsp3) is 0.385. The number of hydrogen-bond donors (Lipinski definition) is 1. The molecule has 0 saturated heterocycles. The van der Waals surface area contributed by atoms with Crippen molar-refractivity contribution in [3.63, 3.8) is 0 Å². The van der Waals surface area contributed by atoms with Gasteiger partial charge in [0.25, 0.3) is 0 Å². The van der Waals surface area contributed by atoms with E-state index in [1.807, 2.05) is 11.9 Å². The van der Waals surface area contributed by atoms with E-state index in [9.17, 15) is 14.7 Å². The number of phenols is 1. The fourth-order valence-corrected chi connectivity index (χ4v) is 1.56. The molecule has 0 unspecified atom stereocenters. The highest BCUT2D eigenvalue weighted by Gasteiger charge is 2.06. The van der Waals surface area contributed by atoms with Crippen LogP contribution in [0.1, 0.15) is 23.2 Å². The molecule has 18 heavy (non-hydrogen) atoms. The first-order valence-corrected chi connectivity index (χ1v) is 5.64. The Morgan fingerprint density at radius 1 is 1.50 bits per heavy atom. The molecule has 1 rings (SSSR count). The molecule has 0 atom stereocenters. The number of methoxy groups -OCH3 is 1. The van der Waals surface area contributed by atoms with Crippen molar-refractivity contribution in [2.75, 3.05) is 25.6 Å². The van der Waals surface area contributed by atoms with Gasteiger partial charge in [0, 0.05) is 31.8 Å². The summed E-state index contributed by atoms with van der Waals surface area (Å²) in [6, 6.07) is 4.85. The van der Waals surface area contributed by atoms with Gasteiger partial charge >= 0.3 is 5.97 Å². The minimum absolute atomic E-state index is 0.0395. The third-order valence-corrected chi connectivity index (χ3v) is 2.68. The third-order valence-electron chi connectivity index (χ3n) is 2.68. The number of phenolic OH excluding ortho intramolecular Hbond substituents is 1. The Balaban J connectivity index is 2.56. The summed E-state index contributed by atoms with van der Waals surface area (Å²) in [5.74, 6) is -0.273. The highest BCUT2D eigenvalue weighted by atomic mass is 16.5. The highest BCUT2D eigenvalue weighted by molar-refractivity contribution is 5.80. The molecule has 0 bridgehead atoms. The number of benzene rings is 1. The molecule has 1 N–H and O–H groups in total. The number of aldehydes is 1. The molecular formula is C13H17NO4. The van der Waals surface area contributed by atoms with Crippen LogP contribution in [0.4, 0.5) is 5.69 Å². The lowest BCUT2D eigenvalue weighted by atomic mass is 10.2. The van der Waals surface area contributed by atoms with E-state index in [1.165, 1.54) is 13.2 Å². The van der Waals surface area contributed by atoms with Crippen LogP contribution < -0.4 is 4.90 Å². The van der Waals surface area contributed by atoms with Crippen LogP contribution in [-0.2, 0) is 9.53 Å². The van der Waals surface area contributed by atoms with Gasteiger partial charge in [0.2, 0.25) is 0 Å². The number of aromatic hydroxyl groups is 1. The molecule has 0 aliphatic carbocycles. The molecule has 0 aromatic heterocycles. The van der Waals surface area contributed by atoms with Gasteiger partial charge in [0.1, 0.15) is 5.75 Å². The van der Waals surface area contributed by atoms with E-state index >= 15 is 0 Å². The summed E-state index contributed by atoms with van der Waals surface area (Å²) < 4.78 is 4.55. The van der Waals surface area contributed by atoms with Gasteiger partial charge in [-0.15, -0.1) is 0 Å². The monoisotopic (exact) mass is 251 g/mol. The topological polar surface area (TPSA) is 66.8 Å². The molecule has 0 heterocycles. The first-order chi connectivity index (χ1) is 8.58. The summed E-state index contributed by atoms with van der Waals surface area (Å²) in [6.45, 7) is 0.662. The van der Waals surface area contributed by atoms with Crippen LogP contribution in [0.3, 0.4) is 0 Å². The quantitative estimate of drug-likeness (QED) is 0.614. The number of carbonyl (C=O) groups is 2. The molecule has 0 radical (unpaired) electrons. The van der Waals surface area contributed by atoms with Crippen molar-refractivity contribution in [1.82, 2.24) is 0 Å². The number of hydrogen-bond acceptors (Lipinski definition) is 5. The van der Waals surface area contributed by atoms with Crippen LogP contribution in [-0.4, -0.2) is 38.1 Å². The summed E-state index contributed by atoms with van der Waals surface area (Å²) in [5.41, 5.74) is 1.06. The molecular weight excluding hydrogens is 234 g/mol. The standard InChI is InChI=1S/C13H17NO4/c1-14(7-3-4-13(17)18-2)11-6-5-10(9-15)12(16)8-11/h5-6,8-9,16H,3-4,7H2,1-2H3. The van der Waals surface area contributed by atoms with Crippen molar-refractivity contribution in [1.29, 1.82) is 0 Å². The van der Waals surface area contributed by atoms with Gasteiger partial charge in [-0.1, -0.05) is 0 Å². The van der Waals surface area contributed by atoms with E-state index < -0.39 is 0 Å². The fourth-order valence-electron chi connectivity index (χ4n) is 1.56. The largest absolute Gasteiger partial charge is 0.507 e. The molecule has 0 spiro atoms. The second-order valence-corrected chi connectivity index (χ2v) is 3.96. The summed E-state index contributed by atoms with van der Waals surface area (Å²) in [7, 11) is 3.22. The summed E-state index contributed by atoms with van der Waals surface area (Å²) in [4.78, 5) is 23.4. The maximum absolute atomic E-state index is 10.9. The Bertz CT molecular complexity index is 431. The lowest BCUT2D eigenvalue weighted by Gasteiger charge is -2.19. The van der Waals surface area contributed by atoms with Crippen molar-refractivity contribution in [2.24, 2.45) is 0 Å². The Hall–Kier alpha value is -2.04. The summed E-state index contributed by atoms with van der Waals surface area (Å²) in [5, 5.41) is 9.56. The summed E-state index contributed by atoms with van der Waals surface area (Å²) >= 11 is 0. The highest BCUT2D eigenvalue weighted by Crippen LogP contribution is 2.23. The van der Waals surface area contributed by atoms with Crippen molar-refractivity contribution in [3.8, 4) is 5.75 Å². The van der Waals surface area contributed by atoms with Crippen LogP contribution in [0.2, 0.25) is 0 Å². The van der Waals surface area contributed by atoms with Gasteiger partial charge in [0.05, 0.1) is 12.7 Å². The van der Waals surface area contributed by atoms with E-state index in [0.29, 0.717) is 25.7 Å². The van der Waals surface area contributed by atoms with Gasteiger partial charge < -0.3 is 14.7 Å². The van der Waals surface area contributed by atoms with Crippen LogP contribution in [0.5, 0.6) is 5.75 Å². The molecule has 5 heteroatoms. The number of anilines is 1. The van der Waals surface area contributed by atoms with Crippen LogP contribution in [0.15, 0.2) is 18.2 Å². The molecule has 0 aliphatic heterocycles. The lowest BCUT2D eigenvalue weighted by Crippen LogP contribution is -2.19. The third kappa shape index (κ3) is 3.76. The maximum Gasteiger partial charge on any atom is 0.305 e. The number of esters is 1. The van der Waals surface area contributed by atoms with Crippen LogP contribution >= 0.6 is 0 Å². The van der Waals surface area contributed by atoms with Crippen molar-refractivity contribution < 1.29 is 19.4 Å². The minimum Gasteiger partial charge on any atom is -0.507 e. The van der Waals surface area contributed by atoms with E-state index in [0.717, 1.165) is 5.69 Å². The van der Waals surface area contributed by atoms with Crippen molar-refractivity contribution in [2.45, 2.75) is 12.8 Å². The molecule has 98 valence electrons. The zero-order valence-corrected chi connectivity index (χ0v) is 10.5. The van der Waals surface area contributed by atoms with Crippen LogP contribution in [0.25, 0.3) is 0 Å². The lowest BCUT2D eigenvalue weighted by molar-refractivity contribution is -0.140. The first kappa shape index (κ1) is 14.0. The number of ether oxygens (including phenoxy) is 1. The molecule has 0 amide bonds. The van der Waals surface area contributed by atoms with Gasteiger partial charge in [-0.2, -0.15) is 0 Å². The van der Waals surface area contributed by atoms with E-state index in [-0.39, 0.29) is 17.3 Å². The Morgan fingerprint density at radius 2 is 2.22 bits per heavy atom. The zero-order valence-electron chi connectivity index (χ0n) is 10.5. The predicted molar refractivity (Wildman–Crippen MR) is 68.0 cm³/mol. The van der Waals surface area contributed by atoms with Crippen molar-refractivity contribution in [3.05, 3.63) is 23.8 Å². The Morgan fingerprint density at radius 3 is 2.78 bits per heavy atom. The van der Waals surface area contributed by atoms with Gasteiger partial charge in [-0.25, -0.2) is 0 Å². The molecule has 5 nitrogen and oxygen atoms in total. The average Bonchev–Trinajstić information content (AvgIpc) is 2.38. The minimum atomic E-state index is -0.234. The number of carbonyl (C=O) groups excluding carboxylic acids is 2. The normalized spacial score (nSPS) is 9.89. The number of nitrogens with zero attached hydrogens (tertiary/aromatic N) is 1. The zero-order chi connectivity index (χ0) is 13.5. The molecule has 0 fully saturated rings. The maximum atomic E-state index is 10.9. The number of rotatable bonds is 6. The van der Waals surface area contributed by atoms with Gasteiger partial charge in [0.15, 0.2) is 6.29 Å². The van der Waals surface area contributed by atoms with Crippen LogP contribution in [0, 0.1) is 0 Å². The van der Waals surface area contributed by atoms with Gasteiger partial charge in [-0.05, 0) is 18.6 Å². The molecule has 1 aromatic carbocycles. The molecule has 1 aromatic rings. The predicted octanol–water partition coefficient (Wildman–Crippen LogP) is 1.59. The molecule has 0 saturated carbocycles. The second-order valence-electron chi connectivity index (χ2n) is 3.96. The first-order valence-electron chi connectivity index (χ1n) is 5.64. The van der Waals surface area contributed by atoms with Gasteiger partial charge in [-0.3, -0.25) is 9.59 Å². The Labute approximate surface area is 106 Å². The summed E-state index contributed by atoms with van der Waals surface area (Å²) in [6.07, 6.45) is 1.63. The smallest absolute Gasteiger partial charge is 0.305 e. The molecule has 0 aliphatic rings. The van der Waals surface area contributed by atoms with Crippen molar-refractivity contribution >= 4 is 17.9 Å². The Kier molecular flexibility index (Phi) is 5.17. The van der Waals surface area contributed by atoms with E-state index in [4.69, 9.17) is 0 Å².